The van der Waals surface area contributed by atoms with Gasteiger partial charge >= 0.3 is 0 Å². The lowest BCUT2D eigenvalue weighted by atomic mass is 9.79. The van der Waals surface area contributed by atoms with Crippen molar-refractivity contribution in [2.45, 2.75) is 40.2 Å². The van der Waals surface area contributed by atoms with Gasteiger partial charge in [-0.05, 0) is 19.3 Å². The molecule has 0 spiro atoms. The van der Waals surface area contributed by atoms with E-state index in [1.165, 1.54) is 0 Å². The van der Waals surface area contributed by atoms with Gasteiger partial charge in [-0.2, -0.15) is 0 Å². The molecule has 0 aromatic carbocycles. The fourth-order valence-electron chi connectivity index (χ4n) is 0.687. The van der Waals surface area contributed by atoms with Crippen LogP contribution in [-0.2, 0) is 9.09 Å². The highest BCUT2D eigenvalue weighted by atomic mass is 31.2. The largest absolute Gasteiger partial charge is 0.322 e. The summed E-state index contributed by atoms with van der Waals surface area (Å²) in [6.07, 6.45) is 0. The van der Waals surface area contributed by atoms with Gasteiger partial charge in [0.2, 0.25) is 0 Å². The Bertz CT molecular complexity index is 195. The van der Waals surface area contributed by atoms with E-state index >= 15 is 0 Å². The first-order valence-corrected chi connectivity index (χ1v) is 6.73. The third kappa shape index (κ3) is 3.73. The molecule has 0 aliphatic heterocycles. The molecule has 0 N–H and O–H groups in total. The zero-order chi connectivity index (χ0) is 10.2. The van der Waals surface area contributed by atoms with E-state index in [0.717, 1.165) is 0 Å². The molecular weight excluding hydrogens is 171 g/mol. The van der Waals surface area contributed by atoms with Crippen LogP contribution in [0.25, 0.3) is 0 Å². The van der Waals surface area contributed by atoms with Crippen LogP contribution in [0.15, 0.2) is 0 Å². The molecule has 0 bridgehead atoms. The van der Waals surface area contributed by atoms with E-state index in [1.54, 1.807) is 13.3 Å². The maximum absolute atomic E-state index is 11.5. The normalized spacial score (nSPS) is 14.9. The van der Waals surface area contributed by atoms with Crippen molar-refractivity contribution in [2.24, 2.45) is 5.41 Å². The molecule has 0 amide bonds. The highest BCUT2D eigenvalue weighted by molar-refractivity contribution is 7.57. The zero-order valence-corrected chi connectivity index (χ0v) is 10.2. The van der Waals surface area contributed by atoms with Crippen molar-refractivity contribution in [1.82, 2.24) is 0 Å². The molecule has 12 heavy (non-hydrogen) atoms. The minimum Gasteiger partial charge on any atom is -0.322 e. The molecule has 0 atom stereocenters. The highest BCUT2D eigenvalue weighted by Crippen LogP contribution is 2.48. The van der Waals surface area contributed by atoms with Crippen LogP contribution in [0.2, 0.25) is 0 Å². The smallest absolute Gasteiger partial charge is 0.197 e. The SMILES string of the molecule is CC(C)(C)C(C)(C)OP(C)(C)=O. The second-order valence-electron chi connectivity index (χ2n) is 5.10. The Labute approximate surface area is 76.1 Å². The third-order valence-corrected chi connectivity index (χ3v) is 3.15. The van der Waals surface area contributed by atoms with E-state index in [-0.39, 0.29) is 11.0 Å². The van der Waals surface area contributed by atoms with E-state index in [4.69, 9.17) is 4.52 Å². The van der Waals surface area contributed by atoms with Crippen LogP contribution in [-0.4, -0.2) is 18.9 Å². The fourth-order valence-corrected chi connectivity index (χ4v) is 2.06. The maximum atomic E-state index is 11.5. The molecule has 0 radical (unpaired) electrons. The molecule has 74 valence electrons. The molecular formula is C9H21O2P. The van der Waals surface area contributed by atoms with Crippen LogP contribution in [0, 0.1) is 5.41 Å². The van der Waals surface area contributed by atoms with E-state index in [9.17, 15) is 4.57 Å². The number of hydrogen-bond acceptors (Lipinski definition) is 2. The van der Waals surface area contributed by atoms with Crippen molar-refractivity contribution in [2.75, 3.05) is 13.3 Å². The summed E-state index contributed by atoms with van der Waals surface area (Å²) in [7, 11) is -2.38. The quantitative estimate of drug-likeness (QED) is 0.627. The number of hydrogen-bond donors (Lipinski definition) is 0. The predicted molar refractivity (Wildman–Crippen MR) is 54.1 cm³/mol. The lowest BCUT2D eigenvalue weighted by molar-refractivity contribution is 0.00498. The molecule has 0 aliphatic carbocycles. The molecule has 0 saturated carbocycles. The van der Waals surface area contributed by atoms with Crippen LogP contribution in [0.5, 0.6) is 0 Å². The van der Waals surface area contributed by atoms with Crippen LogP contribution in [0.1, 0.15) is 34.6 Å². The first kappa shape index (κ1) is 12.2. The van der Waals surface area contributed by atoms with Crippen molar-refractivity contribution in [3.63, 3.8) is 0 Å². The molecule has 3 heteroatoms. The molecule has 0 aromatic heterocycles. The van der Waals surface area contributed by atoms with Crippen molar-refractivity contribution >= 4 is 7.37 Å². The second-order valence-corrected chi connectivity index (χ2v) is 7.79. The summed E-state index contributed by atoms with van der Waals surface area (Å²) in [6.45, 7) is 13.5. The zero-order valence-electron chi connectivity index (χ0n) is 9.26. The molecule has 0 aromatic rings. The lowest BCUT2D eigenvalue weighted by Crippen LogP contribution is -2.38. The first-order chi connectivity index (χ1) is 4.96. The highest BCUT2D eigenvalue weighted by Gasteiger charge is 2.36. The minimum atomic E-state index is -2.38. The van der Waals surface area contributed by atoms with Gasteiger partial charge in [-0.15, -0.1) is 0 Å². The summed E-state index contributed by atoms with van der Waals surface area (Å²) in [5, 5.41) is 0. The molecule has 0 unspecified atom stereocenters. The van der Waals surface area contributed by atoms with E-state index in [2.05, 4.69) is 20.8 Å². The average molecular weight is 192 g/mol. The summed E-state index contributed by atoms with van der Waals surface area (Å²) in [6, 6.07) is 0. The van der Waals surface area contributed by atoms with Gasteiger partial charge in [0, 0.05) is 13.3 Å². The Hall–Kier alpha value is 0.190. The Morgan fingerprint density at radius 1 is 1.00 bits per heavy atom. The van der Waals surface area contributed by atoms with Gasteiger partial charge in [-0.25, -0.2) is 0 Å². The maximum Gasteiger partial charge on any atom is 0.197 e. The van der Waals surface area contributed by atoms with Crippen molar-refractivity contribution in [1.29, 1.82) is 0 Å². The van der Waals surface area contributed by atoms with E-state index in [0.29, 0.717) is 0 Å². The second kappa shape index (κ2) is 3.16. The lowest BCUT2D eigenvalue weighted by Gasteiger charge is -2.39. The first-order valence-electron chi connectivity index (χ1n) is 4.21. The molecule has 2 nitrogen and oxygen atoms in total. The van der Waals surface area contributed by atoms with E-state index in [1.807, 2.05) is 13.8 Å². The van der Waals surface area contributed by atoms with E-state index < -0.39 is 7.37 Å². The van der Waals surface area contributed by atoms with Gasteiger partial charge in [-0.3, -0.25) is 4.57 Å². The third-order valence-electron chi connectivity index (χ3n) is 2.25. The molecule has 0 saturated heterocycles. The van der Waals surface area contributed by atoms with Crippen molar-refractivity contribution in [3.8, 4) is 0 Å². The van der Waals surface area contributed by atoms with Gasteiger partial charge in [0.15, 0.2) is 7.37 Å². The Morgan fingerprint density at radius 3 is 1.42 bits per heavy atom. The van der Waals surface area contributed by atoms with Gasteiger partial charge in [0.1, 0.15) is 0 Å². The van der Waals surface area contributed by atoms with Gasteiger partial charge in [0.25, 0.3) is 0 Å². The summed E-state index contributed by atoms with van der Waals surface area (Å²) in [4.78, 5) is 0. The number of rotatable bonds is 2. The monoisotopic (exact) mass is 192 g/mol. The van der Waals surface area contributed by atoms with Crippen LogP contribution in [0.3, 0.4) is 0 Å². The van der Waals surface area contributed by atoms with Gasteiger partial charge in [-0.1, -0.05) is 20.8 Å². The summed E-state index contributed by atoms with van der Waals surface area (Å²) in [5.74, 6) is 0. The van der Waals surface area contributed by atoms with Crippen LogP contribution >= 0.6 is 7.37 Å². The molecule has 0 heterocycles. The molecule has 0 aliphatic rings. The van der Waals surface area contributed by atoms with Gasteiger partial charge in [0.05, 0.1) is 5.60 Å². The summed E-state index contributed by atoms with van der Waals surface area (Å²) >= 11 is 0. The Kier molecular flexibility index (Phi) is 3.21. The predicted octanol–water partition coefficient (Wildman–Crippen LogP) is 3.37. The minimum absolute atomic E-state index is 0.00861. The topological polar surface area (TPSA) is 26.3 Å². The van der Waals surface area contributed by atoms with Gasteiger partial charge < -0.3 is 4.52 Å². The van der Waals surface area contributed by atoms with Crippen molar-refractivity contribution in [3.05, 3.63) is 0 Å². The summed E-state index contributed by atoms with van der Waals surface area (Å²) in [5.41, 5.74) is -0.333. The standard InChI is InChI=1S/C9H21O2P/c1-8(2,3)9(4,5)11-12(6,7)10/h1-7H3. The van der Waals surface area contributed by atoms with Crippen LogP contribution in [0.4, 0.5) is 0 Å². The average Bonchev–Trinajstić information content (AvgIpc) is 1.52. The fraction of sp³-hybridized carbons (Fsp3) is 1.00. The Balaban J connectivity index is 4.56. The Morgan fingerprint density at radius 2 is 1.33 bits per heavy atom. The van der Waals surface area contributed by atoms with Crippen molar-refractivity contribution < 1.29 is 9.09 Å². The summed E-state index contributed by atoms with van der Waals surface area (Å²) < 4.78 is 17.0. The molecule has 0 fully saturated rings. The molecule has 0 rings (SSSR count). The van der Waals surface area contributed by atoms with Crippen LogP contribution < -0.4 is 0 Å².